The van der Waals surface area contributed by atoms with E-state index in [0.717, 1.165) is 45.0 Å². The van der Waals surface area contributed by atoms with Crippen molar-refractivity contribution in [2.75, 3.05) is 38.0 Å². The average Bonchev–Trinajstić information content (AvgIpc) is 2.64. The molecule has 1 fully saturated rings. The molecule has 1 aliphatic heterocycles. The van der Waals surface area contributed by atoms with Gasteiger partial charge in [0, 0.05) is 51.4 Å². The van der Waals surface area contributed by atoms with Crippen LogP contribution >= 0.6 is 0 Å². The Morgan fingerprint density at radius 1 is 0.920 bits per heavy atom. The molecule has 1 amide bonds. The smallest absolute Gasteiger partial charge is 0.225 e. The van der Waals surface area contributed by atoms with E-state index >= 15 is 0 Å². The van der Waals surface area contributed by atoms with E-state index < -0.39 is 0 Å². The fourth-order valence-electron chi connectivity index (χ4n) is 3.20. The van der Waals surface area contributed by atoms with Crippen LogP contribution in [0.4, 0.5) is 5.69 Å². The number of hydrogen-bond donors (Lipinski definition) is 1. The number of hydrogen-bond acceptors (Lipinski definition) is 3. The highest BCUT2D eigenvalue weighted by Crippen LogP contribution is 2.13. The van der Waals surface area contributed by atoms with Gasteiger partial charge >= 0.3 is 0 Å². The summed E-state index contributed by atoms with van der Waals surface area (Å²) in [7, 11) is 0. The highest BCUT2D eigenvalue weighted by molar-refractivity contribution is 5.90. The molecular weight excluding hydrogens is 310 g/mol. The van der Waals surface area contributed by atoms with Gasteiger partial charge < -0.3 is 10.2 Å². The Kier molecular flexibility index (Phi) is 6.20. The summed E-state index contributed by atoms with van der Waals surface area (Å²) in [6, 6.07) is 18.3. The molecule has 0 aromatic heterocycles. The summed E-state index contributed by atoms with van der Waals surface area (Å²) in [5.41, 5.74) is 3.65. The van der Waals surface area contributed by atoms with Crippen molar-refractivity contribution in [3.63, 3.8) is 0 Å². The van der Waals surface area contributed by atoms with E-state index in [1.165, 1.54) is 11.1 Å². The highest BCUT2D eigenvalue weighted by atomic mass is 16.1. The lowest BCUT2D eigenvalue weighted by atomic mass is 10.1. The van der Waals surface area contributed by atoms with Crippen LogP contribution < -0.4 is 5.32 Å². The van der Waals surface area contributed by atoms with Gasteiger partial charge in [-0.25, -0.2) is 0 Å². The Morgan fingerprint density at radius 2 is 1.56 bits per heavy atom. The number of aryl methyl sites for hydroxylation is 1. The minimum Gasteiger partial charge on any atom is -0.326 e. The van der Waals surface area contributed by atoms with E-state index in [1.807, 2.05) is 30.3 Å². The second kappa shape index (κ2) is 8.79. The van der Waals surface area contributed by atoms with E-state index in [0.29, 0.717) is 6.42 Å². The molecule has 25 heavy (non-hydrogen) atoms. The fourth-order valence-corrected chi connectivity index (χ4v) is 3.20. The molecule has 2 aromatic rings. The van der Waals surface area contributed by atoms with Crippen LogP contribution in [0.1, 0.15) is 17.5 Å². The third kappa shape index (κ3) is 5.41. The molecule has 3 rings (SSSR count). The molecule has 0 saturated carbocycles. The zero-order chi connectivity index (χ0) is 17.5. The molecule has 2 aromatic carbocycles. The number of benzene rings is 2. The van der Waals surface area contributed by atoms with E-state index in [2.05, 4.69) is 46.3 Å². The lowest BCUT2D eigenvalue weighted by Gasteiger charge is -2.34. The van der Waals surface area contributed by atoms with Crippen molar-refractivity contribution in [2.45, 2.75) is 19.9 Å². The summed E-state index contributed by atoms with van der Waals surface area (Å²) in [6.45, 7) is 8.22. The summed E-state index contributed by atoms with van der Waals surface area (Å²) in [6.07, 6.45) is 0.548. The summed E-state index contributed by atoms with van der Waals surface area (Å²) in [4.78, 5) is 16.9. The molecule has 0 atom stereocenters. The van der Waals surface area contributed by atoms with Crippen molar-refractivity contribution >= 4 is 11.6 Å². The van der Waals surface area contributed by atoms with Gasteiger partial charge in [-0.1, -0.05) is 42.5 Å². The molecule has 1 saturated heterocycles. The molecule has 4 heteroatoms. The number of piperazine rings is 1. The Balaban J connectivity index is 1.38. The lowest BCUT2D eigenvalue weighted by molar-refractivity contribution is -0.116. The molecule has 4 nitrogen and oxygen atoms in total. The van der Waals surface area contributed by atoms with Crippen LogP contribution in [0.3, 0.4) is 0 Å². The van der Waals surface area contributed by atoms with Gasteiger partial charge in [0.15, 0.2) is 0 Å². The second-order valence-electron chi connectivity index (χ2n) is 6.71. The zero-order valence-corrected chi connectivity index (χ0v) is 14.9. The van der Waals surface area contributed by atoms with Gasteiger partial charge in [-0.2, -0.15) is 0 Å². The minimum atomic E-state index is 0.0912. The van der Waals surface area contributed by atoms with Gasteiger partial charge in [0.05, 0.1) is 0 Å². The zero-order valence-electron chi connectivity index (χ0n) is 14.9. The number of nitrogens with zero attached hydrogens (tertiary/aromatic N) is 2. The molecule has 1 N–H and O–H groups in total. The Morgan fingerprint density at radius 3 is 2.28 bits per heavy atom. The number of carbonyl (C=O) groups excluding carboxylic acids is 1. The van der Waals surface area contributed by atoms with Crippen LogP contribution in [0.25, 0.3) is 0 Å². The largest absolute Gasteiger partial charge is 0.326 e. The number of para-hydroxylation sites is 1. The quantitative estimate of drug-likeness (QED) is 0.880. The van der Waals surface area contributed by atoms with Crippen LogP contribution in [0.5, 0.6) is 0 Å². The Labute approximate surface area is 150 Å². The first-order valence-corrected chi connectivity index (χ1v) is 9.05. The summed E-state index contributed by atoms with van der Waals surface area (Å²) >= 11 is 0. The second-order valence-corrected chi connectivity index (χ2v) is 6.71. The van der Waals surface area contributed by atoms with Gasteiger partial charge in [0.1, 0.15) is 0 Å². The monoisotopic (exact) mass is 337 g/mol. The van der Waals surface area contributed by atoms with Crippen LogP contribution in [0.2, 0.25) is 0 Å². The molecule has 1 aliphatic rings. The lowest BCUT2D eigenvalue weighted by Crippen LogP contribution is -2.46. The number of amides is 1. The van der Waals surface area contributed by atoms with Crippen LogP contribution in [-0.2, 0) is 11.3 Å². The van der Waals surface area contributed by atoms with Gasteiger partial charge in [0.2, 0.25) is 5.91 Å². The Hall–Kier alpha value is -2.17. The molecule has 0 aliphatic carbocycles. The van der Waals surface area contributed by atoms with E-state index in [1.54, 1.807) is 0 Å². The molecule has 0 spiro atoms. The van der Waals surface area contributed by atoms with Gasteiger partial charge in [-0.15, -0.1) is 0 Å². The topological polar surface area (TPSA) is 35.6 Å². The van der Waals surface area contributed by atoms with Crippen molar-refractivity contribution in [1.29, 1.82) is 0 Å². The van der Waals surface area contributed by atoms with Crippen LogP contribution in [-0.4, -0.2) is 48.4 Å². The van der Waals surface area contributed by atoms with E-state index in [-0.39, 0.29) is 5.91 Å². The first-order valence-electron chi connectivity index (χ1n) is 9.05. The maximum absolute atomic E-state index is 12.0. The van der Waals surface area contributed by atoms with Crippen molar-refractivity contribution in [1.82, 2.24) is 9.80 Å². The van der Waals surface area contributed by atoms with E-state index in [4.69, 9.17) is 0 Å². The average molecular weight is 337 g/mol. The third-order valence-corrected chi connectivity index (χ3v) is 4.83. The van der Waals surface area contributed by atoms with Crippen molar-refractivity contribution < 1.29 is 4.79 Å². The standard InChI is InChI=1S/C21H27N3O/c1-18-7-5-6-8-19(18)17-24-15-13-23(14-16-24)12-11-21(25)22-20-9-3-2-4-10-20/h2-10H,11-17H2,1H3,(H,22,25). The molecule has 0 unspecified atom stereocenters. The normalized spacial score (nSPS) is 15.9. The minimum absolute atomic E-state index is 0.0912. The van der Waals surface area contributed by atoms with Crippen molar-refractivity contribution in [3.05, 3.63) is 65.7 Å². The molecule has 0 radical (unpaired) electrons. The van der Waals surface area contributed by atoms with Crippen molar-refractivity contribution in [2.24, 2.45) is 0 Å². The van der Waals surface area contributed by atoms with Crippen LogP contribution in [0.15, 0.2) is 54.6 Å². The number of nitrogens with one attached hydrogen (secondary N) is 1. The summed E-state index contributed by atoms with van der Waals surface area (Å²) < 4.78 is 0. The molecular formula is C21H27N3O. The summed E-state index contributed by atoms with van der Waals surface area (Å²) in [5.74, 6) is 0.0912. The maximum atomic E-state index is 12.0. The van der Waals surface area contributed by atoms with E-state index in [9.17, 15) is 4.79 Å². The fraction of sp³-hybridized carbons (Fsp3) is 0.381. The first-order chi connectivity index (χ1) is 12.2. The number of rotatable bonds is 6. The predicted octanol–water partition coefficient (Wildman–Crippen LogP) is 3.14. The van der Waals surface area contributed by atoms with Gasteiger partial charge in [-0.3, -0.25) is 9.69 Å². The SMILES string of the molecule is Cc1ccccc1CN1CCN(CCC(=O)Nc2ccccc2)CC1. The number of anilines is 1. The highest BCUT2D eigenvalue weighted by Gasteiger charge is 2.18. The Bertz CT molecular complexity index is 679. The molecule has 1 heterocycles. The van der Waals surface area contributed by atoms with Crippen molar-refractivity contribution in [3.8, 4) is 0 Å². The van der Waals surface area contributed by atoms with Gasteiger partial charge in [0.25, 0.3) is 0 Å². The third-order valence-electron chi connectivity index (χ3n) is 4.83. The van der Waals surface area contributed by atoms with Crippen LogP contribution in [0, 0.1) is 6.92 Å². The van der Waals surface area contributed by atoms with Gasteiger partial charge in [-0.05, 0) is 30.2 Å². The molecule has 132 valence electrons. The summed E-state index contributed by atoms with van der Waals surface area (Å²) in [5, 5.41) is 2.95. The maximum Gasteiger partial charge on any atom is 0.225 e. The first kappa shape index (κ1) is 17.6. The number of carbonyl (C=O) groups is 1. The molecule has 0 bridgehead atoms. The predicted molar refractivity (Wildman–Crippen MR) is 103 cm³/mol.